The van der Waals surface area contributed by atoms with Crippen LogP contribution in [0.15, 0.2) is 25.3 Å². The van der Waals surface area contributed by atoms with Crippen molar-refractivity contribution in [1.82, 2.24) is 0 Å². The molecule has 0 saturated heterocycles. The van der Waals surface area contributed by atoms with Gasteiger partial charge in [0, 0.05) is 6.61 Å². The molecular weight excluding hydrogens is 652 g/mol. The molecular formula is C41H81O7Ti-5. The standard InChI is InChI=1S/3C10H19O.C5H12O.2C3H5.H2O2.O.Ti/c3*1-10(2,3)8-6-4-5-7-9-11;1-5(2,3)4-6;2*1-3-2;1-2;;/h3*4-8H2,1-3H3;6H,4H2,1-3H3;2*3H,1-2H2;1-2H;;/q3*-1;;2*-1;;;. The molecule has 0 fully saturated rings. The fourth-order valence-corrected chi connectivity index (χ4v) is 3.09. The van der Waals surface area contributed by atoms with Gasteiger partial charge in [0.2, 0.25) is 0 Å². The maximum atomic E-state index is 9.84. The van der Waals surface area contributed by atoms with E-state index in [1.54, 1.807) is 0 Å². The monoisotopic (exact) mass is 734 g/mol. The summed E-state index contributed by atoms with van der Waals surface area (Å²) >= 11 is 0.750. The molecule has 0 radical (unpaired) electrons. The van der Waals surface area contributed by atoms with Gasteiger partial charge in [0.15, 0.2) is 0 Å². The van der Waals surface area contributed by atoms with Crippen LogP contribution < -0.4 is 0 Å². The van der Waals surface area contributed by atoms with E-state index in [-0.39, 0.29) is 12.0 Å². The Morgan fingerprint density at radius 2 is 0.653 bits per heavy atom. The molecule has 0 aromatic carbocycles. The number of aliphatic hydroxyl groups excluding tert-OH is 1. The van der Waals surface area contributed by atoms with Gasteiger partial charge < -0.3 is 19.5 Å². The van der Waals surface area contributed by atoms with Crippen molar-refractivity contribution in [3.05, 3.63) is 39.2 Å². The SMILES string of the molecule is C=C[CH2-].C=C[CH2-].CC(C)(C)CCCCC[C-]=O.CC(C)(C)CCCCC[C-]=O.CC(C)(C)CCCCC[C-]=O.CC(C)(C)CO.OO.[O]=[Ti]. The first-order valence-electron chi connectivity index (χ1n) is 17.4. The Morgan fingerprint density at radius 3 is 0.755 bits per heavy atom. The summed E-state index contributed by atoms with van der Waals surface area (Å²) in [5.41, 5.74) is 1.45. The zero-order chi connectivity index (χ0) is 40.8. The van der Waals surface area contributed by atoms with Gasteiger partial charge >= 0.3 is 23.7 Å². The zero-order valence-electron chi connectivity index (χ0n) is 34.3. The molecule has 7 nitrogen and oxygen atoms in total. The number of rotatable bonds is 15. The molecule has 296 valence electrons. The van der Waals surface area contributed by atoms with Gasteiger partial charge in [0.25, 0.3) is 0 Å². The van der Waals surface area contributed by atoms with Crippen LogP contribution in [0.4, 0.5) is 0 Å². The molecule has 0 aromatic heterocycles. The molecule has 8 heteroatoms. The van der Waals surface area contributed by atoms with Gasteiger partial charge in [-0.1, -0.05) is 141 Å². The van der Waals surface area contributed by atoms with E-state index in [0.717, 1.165) is 39.7 Å². The normalized spacial score (nSPS) is 9.92. The summed E-state index contributed by atoms with van der Waals surface area (Å²) in [6.07, 6.45) is 24.6. The van der Waals surface area contributed by atoms with E-state index < -0.39 is 0 Å². The maximum absolute atomic E-state index is 9.84. The average molecular weight is 734 g/mol. The van der Waals surface area contributed by atoms with Crippen LogP contribution in [0.3, 0.4) is 0 Å². The third-order valence-corrected chi connectivity index (χ3v) is 5.59. The van der Waals surface area contributed by atoms with E-state index >= 15 is 0 Å². The van der Waals surface area contributed by atoms with Gasteiger partial charge in [-0.15, -0.1) is 0 Å². The Morgan fingerprint density at radius 1 is 0.490 bits per heavy atom. The Kier molecular flexibility index (Phi) is 68.6. The minimum absolute atomic E-state index is 0.0972. The van der Waals surface area contributed by atoms with E-state index in [1.165, 1.54) is 69.9 Å². The van der Waals surface area contributed by atoms with Gasteiger partial charge in [-0.2, -0.15) is 19.3 Å². The summed E-state index contributed by atoms with van der Waals surface area (Å²) in [7, 11) is 0. The van der Waals surface area contributed by atoms with Crippen LogP contribution in [-0.4, -0.2) is 41.1 Å². The average Bonchev–Trinajstić information content (AvgIpc) is 2.99. The number of hydrogen-bond donors (Lipinski definition) is 3. The number of allylic oxidation sites excluding steroid dienone is 2. The predicted molar refractivity (Wildman–Crippen MR) is 208 cm³/mol. The van der Waals surface area contributed by atoms with E-state index in [0.29, 0.717) is 35.5 Å². The molecule has 0 spiro atoms. The van der Waals surface area contributed by atoms with Crippen molar-refractivity contribution in [3.63, 3.8) is 0 Å². The molecule has 0 aliphatic carbocycles. The summed E-state index contributed by atoms with van der Waals surface area (Å²) in [5, 5.41) is 20.4. The van der Waals surface area contributed by atoms with E-state index in [1.807, 2.05) is 39.6 Å². The summed E-state index contributed by atoms with van der Waals surface area (Å²) < 4.78 is 8.25. The molecule has 0 saturated carbocycles. The van der Waals surface area contributed by atoms with Crippen LogP contribution in [0, 0.1) is 35.5 Å². The van der Waals surface area contributed by atoms with Crippen LogP contribution in [0.5, 0.6) is 0 Å². The third-order valence-electron chi connectivity index (χ3n) is 5.59. The van der Waals surface area contributed by atoms with Gasteiger partial charge in [-0.25, -0.2) is 39.2 Å². The first-order valence-corrected chi connectivity index (χ1v) is 18.1. The quantitative estimate of drug-likeness (QED) is 0.0502. The van der Waals surface area contributed by atoms with Gasteiger partial charge in [0.05, 0.1) is 0 Å². The number of aliphatic hydroxyl groups is 1. The first-order chi connectivity index (χ1) is 22.6. The third kappa shape index (κ3) is 141. The number of unbranched alkanes of at least 4 members (excludes halogenated alkanes) is 9. The van der Waals surface area contributed by atoms with Crippen molar-refractivity contribution in [2.24, 2.45) is 21.7 Å². The van der Waals surface area contributed by atoms with Crippen LogP contribution in [0.25, 0.3) is 0 Å². The van der Waals surface area contributed by atoms with Crippen molar-refractivity contribution in [2.75, 3.05) is 6.61 Å². The fraction of sp³-hybridized carbons (Fsp3) is 0.780. The molecule has 0 aromatic rings. The molecule has 0 rings (SSSR count). The second kappa shape index (κ2) is 51.0. The summed E-state index contributed by atoms with van der Waals surface area (Å²) in [6.45, 7) is 39.5. The Balaban J connectivity index is -0.0000000707. The number of hydrogen-bond acceptors (Lipinski definition) is 7. The Bertz CT molecular complexity index is 566. The van der Waals surface area contributed by atoms with Crippen molar-refractivity contribution < 1.29 is 53.7 Å². The molecule has 49 heavy (non-hydrogen) atoms. The fourth-order valence-electron chi connectivity index (χ4n) is 3.09. The van der Waals surface area contributed by atoms with Gasteiger partial charge in [-0.3, -0.25) is 29.4 Å². The van der Waals surface area contributed by atoms with E-state index in [4.69, 9.17) is 18.9 Å². The summed E-state index contributed by atoms with van der Waals surface area (Å²) in [4.78, 5) is 29.5. The van der Waals surface area contributed by atoms with Gasteiger partial charge in [0.1, 0.15) is 0 Å². The molecule has 0 aliphatic heterocycles. The van der Waals surface area contributed by atoms with Crippen molar-refractivity contribution in [1.29, 1.82) is 0 Å². The Labute approximate surface area is 318 Å². The van der Waals surface area contributed by atoms with Gasteiger partial charge in [-0.05, 0) is 40.9 Å². The second-order valence-corrected chi connectivity index (χ2v) is 16.1. The molecule has 0 bridgehead atoms. The Hall–Kier alpha value is -1.38. The van der Waals surface area contributed by atoms with Crippen LogP contribution >= 0.6 is 0 Å². The van der Waals surface area contributed by atoms with E-state index in [2.05, 4.69) is 89.3 Å². The molecule has 0 atom stereocenters. The van der Waals surface area contributed by atoms with Crippen LogP contribution in [0.2, 0.25) is 0 Å². The minimum atomic E-state index is 0.0972. The predicted octanol–water partition coefficient (Wildman–Crippen LogP) is 12.2. The molecule has 0 unspecified atom stereocenters. The van der Waals surface area contributed by atoms with Crippen molar-refractivity contribution in [3.8, 4) is 0 Å². The molecule has 3 N–H and O–H groups in total. The molecule has 0 heterocycles. The van der Waals surface area contributed by atoms with E-state index in [9.17, 15) is 14.4 Å². The summed E-state index contributed by atoms with van der Waals surface area (Å²) in [6, 6.07) is 0. The van der Waals surface area contributed by atoms with Crippen LogP contribution in [0.1, 0.15) is 179 Å². The van der Waals surface area contributed by atoms with Crippen molar-refractivity contribution >= 4 is 18.9 Å². The van der Waals surface area contributed by atoms with Crippen molar-refractivity contribution in [2.45, 2.75) is 179 Å². The topological polar surface area (TPSA) is 129 Å². The van der Waals surface area contributed by atoms with Crippen LogP contribution in [-0.2, 0) is 38.1 Å². The number of carbonyl (C=O) groups excluding carboxylic acids is 3. The zero-order valence-corrected chi connectivity index (χ0v) is 35.8. The first kappa shape index (κ1) is 65.9. The molecule has 0 amide bonds. The molecule has 0 aliphatic rings. The second-order valence-electron chi connectivity index (χ2n) is 16.1. The summed E-state index contributed by atoms with van der Waals surface area (Å²) in [5.74, 6) is 0.